The van der Waals surface area contributed by atoms with Gasteiger partial charge in [0.1, 0.15) is 12.2 Å². The molecule has 0 amide bonds. The maximum Gasteiger partial charge on any atom is 0.165 e. The van der Waals surface area contributed by atoms with Crippen LogP contribution in [-0.4, -0.2) is 19.5 Å². The molecule has 0 saturated heterocycles. The first-order valence-electron chi connectivity index (χ1n) is 7.74. The highest BCUT2D eigenvalue weighted by Gasteiger charge is 2.15. The highest BCUT2D eigenvalue weighted by molar-refractivity contribution is 6.30. The monoisotopic (exact) mass is 339 g/mol. The number of nitrogens with zero attached hydrogens (tertiary/aromatic N) is 4. The van der Waals surface area contributed by atoms with Crippen molar-refractivity contribution >= 4 is 28.6 Å². The summed E-state index contributed by atoms with van der Waals surface area (Å²) in [6, 6.07) is 5.87. The molecule has 3 aromatic rings. The van der Waals surface area contributed by atoms with E-state index in [-0.39, 0.29) is 0 Å². The molecule has 0 radical (unpaired) electrons. The number of hydrogen-bond acceptors (Lipinski definition) is 4. The van der Waals surface area contributed by atoms with E-state index in [9.17, 15) is 0 Å². The summed E-state index contributed by atoms with van der Waals surface area (Å²) in [6.45, 7) is 2.80. The van der Waals surface area contributed by atoms with Crippen LogP contribution in [0.1, 0.15) is 29.8 Å². The molecule has 2 aromatic heterocycles. The van der Waals surface area contributed by atoms with Crippen LogP contribution in [0.4, 0.5) is 5.82 Å². The number of unbranched alkanes of at least 4 members (excludes halogenated alkanes) is 1. The van der Waals surface area contributed by atoms with Crippen LogP contribution in [0.5, 0.6) is 0 Å². The van der Waals surface area contributed by atoms with Crippen LogP contribution < -0.4 is 5.73 Å². The molecule has 0 spiro atoms. The van der Waals surface area contributed by atoms with E-state index in [1.54, 1.807) is 0 Å². The molecule has 2 N–H and O–H groups in total. The SMILES string of the molecule is C#CCCCn1c(Cc2cc(Cl)ccc2C)nc2c(N)ncnc21. The number of aryl methyl sites for hydroxylation is 2. The van der Waals surface area contributed by atoms with Gasteiger partial charge in [-0.2, -0.15) is 0 Å². The van der Waals surface area contributed by atoms with E-state index in [4.69, 9.17) is 23.8 Å². The minimum atomic E-state index is 0.389. The average molecular weight is 340 g/mol. The number of aromatic nitrogens is 4. The first-order chi connectivity index (χ1) is 11.6. The molecule has 0 saturated carbocycles. The summed E-state index contributed by atoms with van der Waals surface area (Å²) >= 11 is 6.14. The Morgan fingerprint density at radius 1 is 1.33 bits per heavy atom. The number of rotatable bonds is 5. The van der Waals surface area contributed by atoms with Crippen LogP contribution >= 0.6 is 11.6 Å². The van der Waals surface area contributed by atoms with E-state index < -0.39 is 0 Å². The quantitative estimate of drug-likeness (QED) is 0.571. The largest absolute Gasteiger partial charge is 0.382 e. The van der Waals surface area contributed by atoms with Crippen LogP contribution in [0.25, 0.3) is 11.2 Å². The second-order valence-corrected chi connectivity index (χ2v) is 6.10. The van der Waals surface area contributed by atoms with Gasteiger partial charge < -0.3 is 10.3 Å². The number of anilines is 1. The van der Waals surface area contributed by atoms with Crippen LogP contribution in [0.15, 0.2) is 24.5 Å². The lowest BCUT2D eigenvalue weighted by Gasteiger charge is -2.10. The van der Waals surface area contributed by atoms with Crippen LogP contribution in [0.3, 0.4) is 0 Å². The summed E-state index contributed by atoms with van der Waals surface area (Å²) in [6.07, 6.45) is 9.04. The molecule has 0 atom stereocenters. The Bertz CT molecular complexity index is 923. The maximum absolute atomic E-state index is 6.14. The van der Waals surface area contributed by atoms with Crippen molar-refractivity contribution in [1.82, 2.24) is 19.5 Å². The molecule has 0 unspecified atom stereocenters. The summed E-state index contributed by atoms with van der Waals surface area (Å²) in [7, 11) is 0. The Morgan fingerprint density at radius 2 is 2.17 bits per heavy atom. The number of nitrogen functional groups attached to an aromatic ring is 1. The zero-order valence-corrected chi connectivity index (χ0v) is 14.2. The van der Waals surface area contributed by atoms with Gasteiger partial charge in [0.2, 0.25) is 0 Å². The van der Waals surface area contributed by atoms with Gasteiger partial charge in [0.05, 0.1) is 0 Å². The van der Waals surface area contributed by atoms with Crippen molar-refractivity contribution in [2.75, 3.05) is 5.73 Å². The molecule has 3 rings (SSSR count). The van der Waals surface area contributed by atoms with Gasteiger partial charge in [-0.15, -0.1) is 12.3 Å². The fraction of sp³-hybridized carbons (Fsp3) is 0.278. The smallest absolute Gasteiger partial charge is 0.165 e. The number of hydrogen-bond donors (Lipinski definition) is 1. The zero-order chi connectivity index (χ0) is 17.1. The molecule has 122 valence electrons. The number of halogens is 1. The molecule has 5 nitrogen and oxygen atoms in total. The van der Waals surface area contributed by atoms with Crippen molar-refractivity contribution in [1.29, 1.82) is 0 Å². The zero-order valence-electron chi connectivity index (χ0n) is 13.5. The van der Waals surface area contributed by atoms with Crippen molar-refractivity contribution in [3.05, 3.63) is 46.5 Å². The second-order valence-electron chi connectivity index (χ2n) is 5.67. The van der Waals surface area contributed by atoms with Gasteiger partial charge in [-0.05, 0) is 36.6 Å². The van der Waals surface area contributed by atoms with Gasteiger partial charge in [-0.1, -0.05) is 17.7 Å². The Balaban J connectivity index is 2.05. The highest BCUT2D eigenvalue weighted by atomic mass is 35.5. The number of fused-ring (bicyclic) bond motifs is 1. The molecule has 0 aliphatic rings. The summed E-state index contributed by atoms with van der Waals surface area (Å²) in [4.78, 5) is 13.1. The molecule has 0 fully saturated rings. The molecular formula is C18H18ClN5. The Labute approximate surface area is 145 Å². The van der Waals surface area contributed by atoms with Crippen LogP contribution in [0.2, 0.25) is 5.02 Å². The molecule has 0 aliphatic carbocycles. The fourth-order valence-corrected chi connectivity index (χ4v) is 2.90. The second kappa shape index (κ2) is 6.90. The third kappa shape index (κ3) is 3.19. The van der Waals surface area contributed by atoms with Gasteiger partial charge in [0.25, 0.3) is 0 Å². The minimum Gasteiger partial charge on any atom is -0.382 e. The third-order valence-electron chi connectivity index (χ3n) is 4.00. The summed E-state index contributed by atoms with van der Waals surface area (Å²) < 4.78 is 2.07. The molecule has 24 heavy (non-hydrogen) atoms. The third-order valence-corrected chi connectivity index (χ3v) is 4.24. The topological polar surface area (TPSA) is 69.6 Å². The molecule has 0 aliphatic heterocycles. The Hall–Kier alpha value is -2.58. The predicted molar refractivity (Wildman–Crippen MR) is 96.8 cm³/mol. The van der Waals surface area contributed by atoms with E-state index >= 15 is 0 Å². The first kappa shape index (κ1) is 16.3. The molecular weight excluding hydrogens is 322 g/mol. The van der Waals surface area contributed by atoms with Crippen molar-refractivity contribution < 1.29 is 0 Å². The molecule has 0 bridgehead atoms. The lowest BCUT2D eigenvalue weighted by Crippen LogP contribution is -2.06. The molecule has 2 heterocycles. The van der Waals surface area contributed by atoms with Crippen LogP contribution in [0, 0.1) is 19.3 Å². The average Bonchev–Trinajstić information content (AvgIpc) is 2.91. The highest BCUT2D eigenvalue weighted by Crippen LogP contribution is 2.23. The number of benzene rings is 1. The molecule has 1 aromatic carbocycles. The van der Waals surface area contributed by atoms with E-state index in [1.807, 2.05) is 18.2 Å². The summed E-state index contributed by atoms with van der Waals surface area (Å²) in [5, 5.41) is 0.713. The number of terminal acetylenes is 1. The van der Waals surface area contributed by atoms with Gasteiger partial charge in [0, 0.05) is 24.4 Å². The van der Waals surface area contributed by atoms with Crippen LogP contribution in [-0.2, 0) is 13.0 Å². The van der Waals surface area contributed by atoms with E-state index in [2.05, 4.69) is 32.4 Å². The Morgan fingerprint density at radius 3 is 2.96 bits per heavy atom. The first-order valence-corrected chi connectivity index (χ1v) is 8.12. The summed E-state index contributed by atoms with van der Waals surface area (Å²) in [5.41, 5.74) is 9.63. The van der Waals surface area contributed by atoms with Gasteiger partial charge in [0.15, 0.2) is 17.0 Å². The van der Waals surface area contributed by atoms with Crippen molar-refractivity contribution in [2.24, 2.45) is 0 Å². The van der Waals surface area contributed by atoms with Gasteiger partial charge in [-0.25, -0.2) is 15.0 Å². The summed E-state index contributed by atoms with van der Waals surface area (Å²) in [5.74, 6) is 3.94. The number of nitrogens with two attached hydrogens (primary N) is 1. The standard InChI is InChI=1S/C18H18ClN5/c1-3-4-5-8-24-15(10-13-9-14(19)7-6-12(13)2)23-16-17(20)21-11-22-18(16)24/h1,6-7,9,11H,4-5,8,10H2,2H3,(H2,20,21,22). The van der Waals surface area contributed by atoms with E-state index in [0.717, 1.165) is 30.0 Å². The predicted octanol–water partition coefficient (Wildman–Crippen LogP) is 3.37. The van der Waals surface area contributed by atoms with Crippen molar-refractivity contribution in [2.45, 2.75) is 32.7 Å². The molecule has 6 heteroatoms. The minimum absolute atomic E-state index is 0.389. The lowest BCUT2D eigenvalue weighted by atomic mass is 10.1. The van der Waals surface area contributed by atoms with Gasteiger partial charge >= 0.3 is 0 Å². The fourth-order valence-electron chi connectivity index (χ4n) is 2.71. The Kier molecular flexibility index (Phi) is 4.68. The van der Waals surface area contributed by atoms with Crippen molar-refractivity contribution in [3.8, 4) is 12.3 Å². The lowest BCUT2D eigenvalue weighted by molar-refractivity contribution is 0.639. The van der Waals surface area contributed by atoms with Crippen molar-refractivity contribution in [3.63, 3.8) is 0 Å². The van der Waals surface area contributed by atoms with Gasteiger partial charge in [-0.3, -0.25) is 0 Å². The van der Waals surface area contributed by atoms with E-state index in [0.29, 0.717) is 29.2 Å². The van der Waals surface area contributed by atoms with E-state index in [1.165, 1.54) is 11.9 Å². The normalized spacial score (nSPS) is 10.9. The number of imidazole rings is 1. The maximum atomic E-state index is 6.14.